The zero-order chi connectivity index (χ0) is 15.7. The molecule has 0 N–H and O–H groups in total. The first-order valence-corrected chi connectivity index (χ1v) is 9.21. The van der Waals surface area contributed by atoms with Gasteiger partial charge in [0.2, 0.25) is 21.7 Å². The molecule has 0 bridgehead atoms. The van der Waals surface area contributed by atoms with Crippen LogP contribution in [-0.2, 0) is 10.0 Å². The van der Waals surface area contributed by atoms with E-state index in [-0.39, 0.29) is 5.92 Å². The lowest BCUT2D eigenvalue weighted by Gasteiger charge is -2.28. The standard InChI is InChI=1S/C14H16ClN3O3S/c1-22(19,20)18-7-3-5-11(9-18)14-16-13(17-21-14)10-4-2-6-12(15)8-10/h2,4,6,8,11H,3,5,7,9H2,1H3/t11-/m0/s1. The molecule has 8 heteroatoms. The van der Waals surface area contributed by atoms with Gasteiger partial charge in [-0.15, -0.1) is 0 Å². The summed E-state index contributed by atoms with van der Waals surface area (Å²) in [5.41, 5.74) is 0.776. The van der Waals surface area contributed by atoms with Crippen molar-refractivity contribution in [1.82, 2.24) is 14.4 Å². The number of aromatic nitrogens is 2. The predicted molar refractivity (Wildman–Crippen MR) is 83.1 cm³/mol. The van der Waals surface area contributed by atoms with Crippen molar-refractivity contribution in [2.75, 3.05) is 19.3 Å². The Labute approximate surface area is 134 Å². The third-order valence-corrected chi connectivity index (χ3v) is 5.23. The first-order chi connectivity index (χ1) is 10.4. The highest BCUT2D eigenvalue weighted by Crippen LogP contribution is 2.29. The van der Waals surface area contributed by atoms with Gasteiger partial charge >= 0.3 is 0 Å². The second-order valence-electron chi connectivity index (χ2n) is 5.43. The van der Waals surface area contributed by atoms with E-state index in [0.29, 0.717) is 29.8 Å². The molecule has 2 heterocycles. The van der Waals surface area contributed by atoms with E-state index in [1.54, 1.807) is 12.1 Å². The van der Waals surface area contributed by atoms with Gasteiger partial charge in [-0.25, -0.2) is 12.7 Å². The fraction of sp³-hybridized carbons (Fsp3) is 0.429. The van der Waals surface area contributed by atoms with E-state index in [2.05, 4.69) is 10.1 Å². The van der Waals surface area contributed by atoms with Gasteiger partial charge in [0.05, 0.1) is 12.2 Å². The van der Waals surface area contributed by atoms with Crippen LogP contribution in [0.3, 0.4) is 0 Å². The van der Waals surface area contributed by atoms with E-state index >= 15 is 0 Å². The smallest absolute Gasteiger partial charge is 0.231 e. The van der Waals surface area contributed by atoms with Gasteiger partial charge in [0.25, 0.3) is 0 Å². The Morgan fingerprint density at radius 1 is 1.41 bits per heavy atom. The summed E-state index contributed by atoms with van der Waals surface area (Å²) in [4.78, 5) is 4.40. The van der Waals surface area contributed by atoms with Crippen molar-refractivity contribution in [2.24, 2.45) is 0 Å². The van der Waals surface area contributed by atoms with Crippen molar-refractivity contribution >= 4 is 21.6 Å². The molecular weight excluding hydrogens is 326 g/mol. The van der Waals surface area contributed by atoms with Crippen LogP contribution in [0.25, 0.3) is 11.4 Å². The molecule has 118 valence electrons. The number of sulfonamides is 1. The van der Waals surface area contributed by atoms with E-state index in [0.717, 1.165) is 18.4 Å². The van der Waals surface area contributed by atoms with Crippen LogP contribution in [0, 0.1) is 0 Å². The van der Waals surface area contributed by atoms with Crippen molar-refractivity contribution in [3.63, 3.8) is 0 Å². The Morgan fingerprint density at radius 2 is 2.23 bits per heavy atom. The van der Waals surface area contributed by atoms with Gasteiger partial charge in [-0.2, -0.15) is 4.98 Å². The van der Waals surface area contributed by atoms with Gasteiger partial charge in [-0.3, -0.25) is 0 Å². The number of rotatable bonds is 3. The quantitative estimate of drug-likeness (QED) is 0.857. The number of nitrogens with zero attached hydrogens (tertiary/aromatic N) is 3. The highest BCUT2D eigenvalue weighted by molar-refractivity contribution is 7.88. The minimum Gasteiger partial charge on any atom is -0.339 e. The summed E-state index contributed by atoms with van der Waals surface area (Å²) in [5, 5.41) is 4.58. The molecular formula is C14H16ClN3O3S. The highest BCUT2D eigenvalue weighted by atomic mass is 35.5. The van der Waals surface area contributed by atoms with E-state index in [1.165, 1.54) is 10.6 Å². The molecule has 1 fully saturated rings. The Kier molecular flexibility index (Phi) is 4.20. The molecule has 22 heavy (non-hydrogen) atoms. The summed E-state index contributed by atoms with van der Waals surface area (Å²) in [6, 6.07) is 7.21. The summed E-state index contributed by atoms with van der Waals surface area (Å²) >= 11 is 5.96. The van der Waals surface area contributed by atoms with E-state index in [4.69, 9.17) is 16.1 Å². The number of piperidine rings is 1. The molecule has 1 aromatic carbocycles. The largest absolute Gasteiger partial charge is 0.339 e. The molecule has 0 saturated carbocycles. The minimum atomic E-state index is -3.19. The molecule has 0 radical (unpaired) electrons. The molecule has 1 aromatic heterocycles. The monoisotopic (exact) mass is 341 g/mol. The Morgan fingerprint density at radius 3 is 2.95 bits per heavy atom. The topological polar surface area (TPSA) is 76.3 Å². The predicted octanol–water partition coefficient (Wildman–Crippen LogP) is 2.53. The summed E-state index contributed by atoms with van der Waals surface area (Å²) < 4.78 is 30.1. The zero-order valence-electron chi connectivity index (χ0n) is 12.1. The van der Waals surface area contributed by atoms with E-state index < -0.39 is 10.0 Å². The van der Waals surface area contributed by atoms with Crippen LogP contribution in [0.2, 0.25) is 5.02 Å². The van der Waals surface area contributed by atoms with Crippen LogP contribution in [0.5, 0.6) is 0 Å². The molecule has 0 unspecified atom stereocenters. The molecule has 1 aliphatic heterocycles. The average Bonchev–Trinajstić information content (AvgIpc) is 2.96. The Hall–Kier alpha value is -1.44. The zero-order valence-corrected chi connectivity index (χ0v) is 13.6. The molecule has 3 rings (SSSR count). The normalized spacial score (nSPS) is 20.2. The summed E-state index contributed by atoms with van der Waals surface area (Å²) in [7, 11) is -3.19. The van der Waals surface area contributed by atoms with Crippen LogP contribution >= 0.6 is 11.6 Å². The lowest BCUT2D eigenvalue weighted by Crippen LogP contribution is -2.38. The molecule has 2 aromatic rings. The van der Waals surface area contributed by atoms with Crippen molar-refractivity contribution in [3.05, 3.63) is 35.2 Å². The van der Waals surface area contributed by atoms with Gasteiger partial charge in [0.15, 0.2) is 0 Å². The van der Waals surface area contributed by atoms with E-state index in [9.17, 15) is 8.42 Å². The first-order valence-electron chi connectivity index (χ1n) is 6.98. The molecule has 0 aliphatic carbocycles. The van der Waals surface area contributed by atoms with Crippen LogP contribution in [0.4, 0.5) is 0 Å². The van der Waals surface area contributed by atoms with Crippen molar-refractivity contribution in [3.8, 4) is 11.4 Å². The summed E-state index contributed by atoms with van der Waals surface area (Å²) in [6.07, 6.45) is 2.84. The highest BCUT2D eigenvalue weighted by Gasteiger charge is 2.30. The second kappa shape index (κ2) is 5.98. The van der Waals surface area contributed by atoms with Gasteiger partial charge in [-0.05, 0) is 25.0 Å². The van der Waals surface area contributed by atoms with Gasteiger partial charge in [0.1, 0.15) is 0 Å². The third-order valence-electron chi connectivity index (χ3n) is 3.73. The lowest BCUT2D eigenvalue weighted by molar-refractivity contribution is 0.266. The van der Waals surface area contributed by atoms with Crippen molar-refractivity contribution < 1.29 is 12.9 Å². The lowest BCUT2D eigenvalue weighted by atomic mass is 10.00. The number of halogens is 1. The Bertz CT molecular complexity index is 775. The fourth-order valence-electron chi connectivity index (χ4n) is 2.59. The summed E-state index contributed by atoms with van der Waals surface area (Å²) in [5.74, 6) is 0.876. The maximum atomic E-state index is 11.7. The third kappa shape index (κ3) is 3.31. The summed E-state index contributed by atoms with van der Waals surface area (Å²) in [6.45, 7) is 0.931. The van der Waals surface area contributed by atoms with Gasteiger partial charge < -0.3 is 4.52 Å². The molecule has 1 aliphatic rings. The van der Waals surface area contributed by atoms with Crippen molar-refractivity contribution in [2.45, 2.75) is 18.8 Å². The molecule has 0 amide bonds. The number of hydrogen-bond acceptors (Lipinski definition) is 5. The van der Waals surface area contributed by atoms with Crippen LogP contribution in [-0.4, -0.2) is 42.2 Å². The molecule has 1 atom stereocenters. The van der Waals surface area contributed by atoms with Crippen LogP contribution in [0.15, 0.2) is 28.8 Å². The van der Waals surface area contributed by atoms with Gasteiger partial charge in [0, 0.05) is 23.7 Å². The maximum Gasteiger partial charge on any atom is 0.231 e. The Balaban J connectivity index is 1.82. The SMILES string of the molecule is CS(=O)(=O)N1CCC[C@H](c2nc(-c3cccc(Cl)c3)no2)C1. The minimum absolute atomic E-state index is 0.0658. The molecule has 1 saturated heterocycles. The van der Waals surface area contributed by atoms with Crippen LogP contribution in [0.1, 0.15) is 24.7 Å². The number of hydrogen-bond donors (Lipinski definition) is 0. The second-order valence-corrected chi connectivity index (χ2v) is 7.85. The maximum absolute atomic E-state index is 11.7. The first kappa shape index (κ1) is 15.5. The van der Waals surface area contributed by atoms with Crippen LogP contribution < -0.4 is 0 Å². The van der Waals surface area contributed by atoms with Gasteiger partial charge in [-0.1, -0.05) is 28.9 Å². The number of benzene rings is 1. The van der Waals surface area contributed by atoms with Crippen molar-refractivity contribution in [1.29, 1.82) is 0 Å². The fourth-order valence-corrected chi connectivity index (χ4v) is 3.69. The average molecular weight is 342 g/mol. The molecule has 6 nitrogen and oxygen atoms in total. The molecule has 0 spiro atoms. The van der Waals surface area contributed by atoms with E-state index in [1.807, 2.05) is 12.1 Å².